The second-order valence-electron chi connectivity index (χ2n) is 36.0. The molecule has 0 bridgehead atoms. The van der Waals surface area contributed by atoms with E-state index in [0.29, 0.717) is 12.8 Å². The van der Waals surface area contributed by atoms with Crippen LogP contribution in [0.3, 0.4) is 0 Å². The number of hydrogen-bond acceptors (Lipinski definition) is 18. The number of carbonyl (C=O) groups excluding carboxylic acids is 1. The Labute approximate surface area is 721 Å². The number of hydrogen-bond donors (Lipinski definition) is 12. The number of nitrogens with one attached hydrogen (secondary N) is 1. The number of carbonyl (C=O) groups is 1. The molecule has 0 radical (unpaired) electrons. The monoisotopic (exact) mass is 1680 g/mol. The summed E-state index contributed by atoms with van der Waals surface area (Å²) in [5.74, 6) is -0.232. The SMILES string of the molecule is CCCCCCC/C=C\C/C=C\C/C=C\CCCCCCCCCCCCCCCCCCCCCCCCCCCCC(=O)NC(COC1OC(CO)C(OC2OC(CO)C(OC3OC(CO)C(O)C(O)C3O)C(O)C2O)C(O)C1O)C(O)CCCCCCCCCCCCCCCCCCCCCCCCCCCCCCCCCC. The standard InChI is InChI=1S/C99H187NO18/c1-3-5-7-9-11-13-15-17-19-21-23-25-27-29-31-33-35-37-38-39-40-41-42-43-44-45-47-49-51-53-55-57-59-61-63-65-67-69-71-73-75-77-87(105)100-82(83(104)76-74-72-70-68-66-64-62-60-58-56-54-52-50-48-46-36-34-32-30-28-26-24-22-20-18-16-14-12-10-8-6-4-2)81-113-97-93(111)90(108)95(85(79-102)115-97)118-99-94(112)91(109)96(86(80-103)116-99)117-98-92(110)89(107)88(106)84(78-101)114-98/h15,17,21,23,27,29,82-86,88-99,101-104,106-112H,3-14,16,18-20,22,24-26,28,30-81H2,1-2H3,(H,100,105)/b17-15-,23-21-,29-27-. The van der Waals surface area contributed by atoms with E-state index in [9.17, 15) is 61.0 Å². The van der Waals surface area contributed by atoms with Gasteiger partial charge in [-0.2, -0.15) is 0 Å². The van der Waals surface area contributed by atoms with Crippen molar-refractivity contribution in [3.8, 4) is 0 Å². The van der Waals surface area contributed by atoms with Gasteiger partial charge < -0.3 is 89.9 Å². The molecule has 3 heterocycles. The maximum atomic E-state index is 13.6. The Morgan fingerprint density at radius 3 is 0.873 bits per heavy atom. The first-order valence-corrected chi connectivity index (χ1v) is 50.2. The molecule has 0 aromatic rings. The quantitative estimate of drug-likeness (QED) is 0.0199. The zero-order valence-electron chi connectivity index (χ0n) is 75.7. The average molecular weight is 1680 g/mol. The Kier molecular flexibility index (Phi) is 73.3. The van der Waals surface area contributed by atoms with Crippen molar-refractivity contribution in [1.82, 2.24) is 5.32 Å². The summed E-state index contributed by atoms with van der Waals surface area (Å²) in [6, 6.07) is -0.888. The predicted octanol–water partition coefficient (Wildman–Crippen LogP) is 20.9. The Morgan fingerprint density at radius 2 is 0.559 bits per heavy atom. The zero-order chi connectivity index (χ0) is 85.2. The molecule has 3 aliphatic heterocycles. The lowest BCUT2D eigenvalue weighted by Gasteiger charge is -2.48. The minimum atomic E-state index is -1.97. The largest absolute Gasteiger partial charge is 0.394 e. The van der Waals surface area contributed by atoms with E-state index >= 15 is 0 Å². The lowest BCUT2D eigenvalue weighted by molar-refractivity contribution is -0.379. The molecule has 3 saturated heterocycles. The van der Waals surface area contributed by atoms with E-state index in [1.54, 1.807) is 0 Å². The normalized spacial score (nSPS) is 24.4. The third-order valence-electron chi connectivity index (χ3n) is 25.2. The summed E-state index contributed by atoms with van der Waals surface area (Å²) in [5, 5.41) is 122. The van der Waals surface area contributed by atoms with Crippen molar-refractivity contribution in [2.45, 2.75) is 561 Å². The number of amides is 1. The first kappa shape index (κ1) is 110. The maximum absolute atomic E-state index is 13.6. The molecule has 19 heteroatoms. The molecule has 696 valence electrons. The van der Waals surface area contributed by atoms with Crippen molar-refractivity contribution in [3.05, 3.63) is 36.5 Å². The third kappa shape index (κ3) is 55.5. The molecular weight excluding hydrogens is 1490 g/mol. The molecule has 17 atom stereocenters. The van der Waals surface area contributed by atoms with Crippen molar-refractivity contribution in [3.63, 3.8) is 0 Å². The van der Waals surface area contributed by atoms with Gasteiger partial charge in [0, 0.05) is 6.42 Å². The van der Waals surface area contributed by atoms with Crippen LogP contribution in [0.4, 0.5) is 0 Å². The average Bonchev–Trinajstić information content (AvgIpc) is 0.777. The summed E-state index contributed by atoms with van der Waals surface area (Å²) < 4.78 is 34.7. The summed E-state index contributed by atoms with van der Waals surface area (Å²) in [5.41, 5.74) is 0. The van der Waals surface area contributed by atoms with E-state index in [0.717, 1.165) is 57.8 Å². The molecule has 3 rings (SSSR count). The summed E-state index contributed by atoms with van der Waals surface area (Å²) >= 11 is 0. The Balaban J connectivity index is 1.27. The number of aliphatic hydroxyl groups excluding tert-OH is 11. The van der Waals surface area contributed by atoms with E-state index in [-0.39, 0.29) is 18.9 Å². The molecule has 0 aromatic heterocycles. The number of allylic oxidation sites excluding steroid dienone is 6. The highest BCUT2D eigenvalue weighted by atomic mass is 16.8. The molecule has 12 N–H and O–H groups in total. The first-order chi connectivity index (χ1) is 57.8. The van der Waals surface area contributed by atoms with Gasteiger partial charge in [-0.1, -0.05) is 436 Å². The van der Waals surface area contributed by atoms with Gasteiger partial charge in [-0.15, -0.1) is 0 Å². The van der Waals surface area contributed by atoms with Gasteiger partial charge in [0.25, 0.3) is 0 Å². The highest BCUT2D eigenvalue weighted by Crippen LogP contribution is 2.34. The van der Waals surface area contributed by atoms with E-state index in [1.165, 1.54) is 366 Å². The molecule has 19 nitrogen and oxygen atoms in total. The Hall–Kier alpha value is -1.99. The molecule has 3 fully saturated rings. The minimum absolute atomic E-state index is 0.232. The summed E-state index contributed by atoms with van der Waals surface area (Å²) in [4.78, 5) is 13.6. The predicted molar refractivity (Wildman–Crippen MR) is 480 cm³/mol. The fraction of sp³-hybridized carbons (Fsp3) is 0.929. The van der Waals surface area contributed by atoms with Gasteiger partial charge in [-0.3, -0.25) is 4.79 Å². The van der Waals surface area contributed by atoms with Gasteiger partial charge in [-0.05, 0) is 51.4 Å². The molecule has 17 unspecified atom stereocenters. The highest BCUT2D eigenvalue weighted by Gasteiger charge is 2.54. The van der Waals surface area contributed by atoms with Crippen LogP contribution in [-0.4, -0.2) is 193 Å². The Bertz CT molecular complexity index is 2260. The van der Waals surface area contributed by atoms with Gasteiger partial charge in [0.15, 0.2) is 18.9 Å². The van der Waals surface area contributed by atoms with Crippen LogP contribution < -0.4 is 5.32 Å². The van der Waals surface area contributed by atoms with Crippen LogP contribution in [0.15, 0.2) is 36.5 Å². The number of ether oxygens (including phenoxy) is 6. The molecule has 1 amide bonds. The number of unbranched alkanes of at least 4 members (excludes halogenated alkanes) is 62. The third-order valence-corrected chi connectivity index (χ3v) is 25.2. The number of aliphatic hydroxyl groups is 11. The van der Waals surface area contributed by atoms with E-state index in [1.807, 2.05) is 0 Å². The number of rotatable bonds is 84. The fourth-order valence-corrected chi connectivity index (χ4v) is 17.3. The second kappa shape index (κ2) is 78.5. The molecule has 0 saturated carbocycles. The Morgan fingerprint density at radius 1 is 0.305 bits per heavy atom. The molecule has 0 aliphatic carbocycles. The molecule has 118 heavy (non-hydrogen) atoms. The maximum Gasteiger partial charge on any atom is 0.220 e. The molecule has 3 aliphatic rings. The zero-order valence-corrected chi connectivity index (χ0v) is 75.7. The fourth-order valence-electron chi connectivity index (χ4n) is 17.3. The summed E-state index contributed by atoms with van der Waals surface area (Å²) in [6.45, 7) is 1.87. The van der Waals surface area contributed by atoms with Crippen LogP contribution in [0.25, 0.3) is 0 Å². The lowest BCUT2D eigenvalue weighted by Crippen LogP contribution is -2.66. The second-order valence-corrected chi connectivity index (χ2v) is 36.0. The van der Waals surface area contributed by atoms with Gasteiger partial charge in [0.1, 0.15) is 73.2 Å². The smallest absolute Gasteiger partial charge is 0.220 e. The van der Waals surface area contributed by atoms with Gasteiger partial charge in [0.05, 0.1) is 38.6 Å². The van der Waals surface area contributed by atoms with Gasteiger partial charge in [0.2, 0.25) is 5.91 Å². The van der Waals surface area contributed by atoms with Crippen LogP contribution in [-0.2, 0) is 33.2 Å². The van der Waals surface area contributed by atoms with Crippen molar-refractivity contribution in [2.24, 2.45) is 0 Å². The molecule has 0 aromatic carbocycles. The van der Waals surface area contributed by atoms with Crippen LogP contribution >= 0.6 is 0 Å². The summed E-state index contributed by atoms with van der Waals surface area (Å²) in [7, 11) is 0. The van der Waals surface area contributed by atoms with Gasteiger partial charge in [-0.25, -0.2) is 0 Å². The van der Waals surface area contributed by atoms with Crippen molar-refractivity contribution >= 4 is 5.91 Å². The van der Waals surface area contributed by atoms with E-state index < -0.39 is 124 Å². The highest BCUT2D eigenvalue weighted by molar-refractivity contribution is 5.76. The van der Waals surface area contributed by atoms with Crippen LogP contribution in [0.1, 0.15) is 457 Å². The van der Waals surface area contributed by atoms with Gasteiger partial charge >= 0.3 is 0 Å². The first-order valence-electron chi connectivity index (χ1n) is 50.2. The van der Waals surface area contributed by atoms with Crippen molar-refractivity contribution in [1.29, 1.82) is 0 Å². The summed E-state index contributed by atoms with van der Waals surface area (Å²) in [6.07, 6.45) is 75.7. The van der Waals surface area contributed by atoms with Crippen LogP contribution in [0.2, 0.25) is 0 Å². The molecular formula is C99H187NO18. The lowest BCUT2D eigenvalue weighted by atomic mass is 9.96. The minimum Gasteiger partial charge on any atom is -0.394 e. The van der Waals surface area contributed by atoms with Crippen molar-refractivity contribution < 1.29 is 89.4 Å². The van der Waals surface area contributed by atoms with E-state index in [4.69, 9.17) is 28.4 Å². The van der Waals surface area contributed by atoms with Crippen LogP contribution in [0, 0.1) is 0 Å². The topological polar surface area (TPSA) is 307 Å². The van der Waals surface area contributed by atoms with E-state index in [2.05, 4.69) is 55.6 Å². The van der Waals surface area contributed by atoms with Crippen molar-refractivity contribution in [2.75, 3.05) is 26.4 Å². The molecule has 0 spiro atoms. The van der Waals surface area contributed by atoms with Crippen LogP contribution in [0.5, 0.6) is 0 Å².